The molecule has 0 bridgehead atoms. The van der Waals surface area contributed by atoms with E-state index in [9.17, 15) is 4.79 Å². The Balaban J connectivity index is 2.61. The van der Waals surface area contributed by atoms with E-state index in [2.05, 4.69) is 5.32 Å². The molecular weight excluding hydrogens is 170 g/mol. The maximum atomic E-state index is 11.6. The number of rotatable bonds is 3. The SMILES string of the molecule is CCOC(=O)C1(NC)CCOCC1. The minimum atomic E-state index is -0.506. The second kappa shape index (κ2) is 4.58. The molecule has 0 radical (unpaired) electrons. The first-order valence-corrected chi connectivity index (χ1v) is 4.69. The molecule has 1 rings (SSSR count). The lowest BCUT2D eigenvalue weighted by molar-refractivity contribution is -0.155. The second-order valence-electron chi connectivity index (χ2n) is 3.16. The average Bonchev–Trinajstić information content (AvgIpc) is 2.19. The minimum absolute atomic E-state index is 0.152. The molecule has 1 N–H and O–H groups in total. The summed E-state index contributed by atoms with van der Waals surface area (Å²) in [6, 6.07) is 0. The third-order valence-electron chi connectivity index (χ3n) is 2.49. The zero-order chi connectivity index (χ0) is 9.73. The molecule has 0 aromatic heterocycles. The van der Waals surface area contributed by atoms with Gasteiger partial charge in [0.1, 0.15) is 5.54 Å². The standard InChI is InChI=1S/C9H17NO3/c1-3-13-8(11)9(10-2)4-6-12-7-5-9/h10H,3-7H2,1-2H3. The van der Waals surface area contributed by atoms with Crippen LogP contribution in [0, 0.1) is 0 Å². The Kier molecular flexibility index (Phi) is 3.69. The van der Waals surface area contributed by atoms with E-state index in [1.807, 2.05) is 6.92 Å². The molecule has 1 saturated heterocycles. The van der Waals surface area contributed by atoms with Crippen molar-refractivity contribution in [3.8, 4) is 0 Å². The van der Waals surface area contributed by atoms with E-state index in [0.29, 0.717) is 32.7 Å². The largest absolute Gasteiger partial charge is 0.465 e. The van der Waals surface area contributed by atoms with Crippen LogP contribution in [0.1, 0.15) is 19.8 Å². The molecule has 76 valence electrons. The zero-order valence-corrected chi connectivity index (χ0v) is 8.26. The number of ether oxygens (including phenoxy) is 2. The van der Waals surface area contributed by atoms with Crippen molar-refractivity contribution in [1.29, 1.82) is 0 Å². The first kappa shape index (κ1) is 10.5. The maximum Gasteiger partial charge on any atom is 0.326 e. The molecule has 13 heavy (non-hydrogen) atoms. The van der Waals surface area contributed by atoms with Crippen LogP contribution in [-0.2, 0) is 14.3 Å². The van der Waals surface area contributed by atoms with Crippen LogP contribution in [0.5, 0.6) is 0 Å². The van der Waals surface area contributed by atoms with Crippen molar-refractivity contribution in [2.45, 2.75) is 25.3 Å². The summed E-state index contributed by atoms with van der Waals surface area (Å²) in [5.74, 6) is -0.152. The van der Waals surface area contributed by atoms with Crippen molar-refractivity contribution in [1.82, 2.24) is 5.32 Å². The zero-order valence-electron chi connectivity index (χ0n) is 8.26. The number of carbonyl (C=O) groups is 1. The highest BCUT2D eigenvalue weighted by molar-refractivity contribution is 5.81. The Bertz CT molecular complexity index is 176. The van der Waals surface area contributed by atoms with Gasteiger partial charge in [-0.25, -0.2) is 0 Å². The number of hydrogen-bond acceptors (Lipinski definition) is 4. The van der Waals surface area contributed by atoms with E-state index < -0.39 is 5.54 Å². The molecule has 0 atom stereocenters. The van der Waals surface area contributed by atoms with Gasteiger partial charge in [0.15, 0.2) is 0 Å². The van der Waals surface area contributed by atoms with Crippen LogP contribution in [0.2, 0.25) is 0 Å². The minimum Gasteiger partial charge on any atom is -0.465 e. The van der Waals surface area contributed by atoms with Crippen molar-refractivity contribution in [3.05, 3.63) is 0 Å². The van der Waals surface area contributed by atoms with Gasteiger partial charge in [-0.15, -0.1) is 0 Å². The van der Waals surface area contributed by atoms with Crippen molar-refractivity contribution >= 4 is 5.97 Å². The van der Waals surface area contributed by atoms with E-state index in [4.69, 9.17) is 9.47 Å². The molecule has 0 amide bonds. The summed E-state index contributed by atoms with van der Waals surface area (Å²) in [7, 11) is 1.79. The van der Waals surface area contributed by atoms with Crippen LogP contribution < -0.4 is 5.32 Å². The molecule has 4 heteroatoms. The second-order valence-corrected chi connectivity index (χ2v) is 3.16. The van der Waals surface area contributed by atoms with Gasteiger partial charge < -0.3 is 14.8 Å². The molecule has 0 aromatic rings. The summed E-state index contributed by atoms with van der Waals surface area (Å²) in [6.45, 7) is 3.50. The average molecular weight is 187 g/mol. The van der Waals surface area contributed by atoms with Crippen LogP contribution in [0.3, 0.4) is 0 Å². The normalized spacial score (nSPS) is 21.1. The molecule has 1 fully saturated rings. The van der Waals surface area contributed by atoms with Crippen molar-refractivity contribution in [2.75, 3.05) is 26.9 Å². The Morgan fingerprint density at radius 3 is 2.62 bits per heavy atom. The van der Waals surface area contributed by atoms with Gasteiger partial charge in [-0.05, 0) is 26.8 Å². The molecule has 0 saturated carbocycles. The third kappa shape index (κ3) is 2.19. The molecule has 1 heterocycles. The lowest BCUT2D eigenvalue weighted by Crippen LogP contribution is -2.54. The van der Waals surface area contributed by atoms with E-state index in [1.165, 1.54) is 0 Å². The van der Waals surface area contributed by atoms with Crippen molar-refractivity contribution in [3.63, 3.8) is 0 Å². The molecule has 1 aliphatic heterocycles. The highest BCUT2D eigenvalue weighted by Crippen LogP contribution is 2.21. The van der Waals surface area contributed by atoms with E-state index in [0.717, 1.165) is 0 Å². The lowest BCUT2D eigenvalue weighted by atomic mass is 9.90. The highest BCUT2D eigenvalue weighted by Gasteiger charge is 2.39. The molecule has 4 nitrogen and oxygen atoms in total. The fraction of sp³-hybridized carbons (Fsp3) is 0.889. The van der Waals surface area contributed by atoms with Crippen LogP contribution in [-0.4, -0.2) is 38.4 Å². The van der Waals surface area contributed by atoms with Gasteiger partial charge in [-0.2, -0.15) is 0 Å². The monoisotopic (exact) mass is 187 g/mol. The van der Waals surface area contributed by atoms with Crippen molar-refractivity contribution < 1.29 is 14.3 Å². The van der Waals surface area contributed by atoms with E-state index in [-0.39, 0.29) is 5.97 Å². The van der Waals surface area contributed by atoms with E-state index in [1.54, 1.807) is 7.05 Å². The quantitative estimate of drug-likeness (QED) is 0.646. The number of hydrogen-bond donors (Lipinski definition) is 1. The highest BCUT2D eigenvalue weighted by atomic mass is 16.5. The van der Waals surface area contributed by atoms with E-state index >= 15 is 0 Å². The van der Waals surface area contributed by atoms with Gasteiger partial charge in [0.2, 0.25) is 0 Å². The fourth-order valence-electron chi connectivity index (χ4n) is 1.55. The molecule has 0 unspecified atom stereocenters. The summed E-state index contributed by atoms with van der Waals surface area (Å²) in [4.78, 5) is 11.6. The summed E-state index contributed by atoms with van der Waals surface area (Å²) < 4.78 is 10.2. The third-order valence-corrected chi connectivity index (χ3v) is 2.49. The van der Waals surface area contributed by atoms with Gasteiger partial charge in [0.25, 0.3) is 0 Å². The number of nitrogens with one attached hydrogen (secondary N) is 1. The summed E-state index contributed by atoms with van der Waals surface area (Å²) in [6.07, 6.45) is 1.39. The fourth-order valence-corrected chi connectivity index (χ4v) is 1.55. The van der Waals surface area contributed by atoms with Crippen LogP contribution in [0.25, 0.3) is 0 Å². The van der Waals surface area contributed by atoms with Crippen LogP contribution >= 0.6 is 0 Å². The topological polar surface area (TPSA) is 47.6 Å². The van der Waals surface area contributed by atoms with Crippen LogP contribution in [0.4, 0.5) is 0 Å². The predicted octanol–water partition coefficient (Wildman–Crippen LogP) is 0.318. The molecule has 1 aliphatic rings. The van der Waals surface area contributed by atoms with Gasteiger partial charge in [0, 0.05) is 13.2 Å². The van der Waals surface area contributed by atoms with Gasteiger partial charge >= 0.3 is 5.97 Å². The summed E-state index contributed by atoms with van der Waals surface area (Å²) >= 11 is 0. The Hall–Kier alpha value is -0.610. The predicted molar refractivity (Wildman–Crippen MR) is 48.5 cm³/mol. The molecule has 0 aromatic carbocycles. The molecule has 0 spiro atoms. The van der Waals surface area contributed by atoms with Crippen molar-refractivity contribution in [2.24, 2.45) is 0 Å². The first-order chi connectivity index (χ1) is 6.25. The van der Waals surface area contributed by atoms with Crippen LogP contribution in [0.15, 0.2) is 0 Å². The number of likely N-dealkylation sites (N-methyl/N-ethyl adjacent to an activating group) is 1. The summed E-state index contributed by atoms with van der Waals surface area (Å²) in [5, 5.41) is 3.05. The van der Waals surface area contributed by atoms with Gasteiger partial charge in [-0.3, -0.25) is 4.79 Å². The summed E-state index contributed by atoms with van der Waals surface area (Å²) in [5.41, 5.74) is -0.506. The first-order valence-electron chi connectivity index (χ1n) is 4.69. The number of esters is 1. The Labute approximate surface area is 78.6 Å². The molecular formula is C9H17NO3. The maximum absolute atomic E-state index is 11.6. The van der Waals surface area contributed by atoms with Gasteiger partial charge in [0.05, 0.1) is 6.61 Å². The van der Waals surface area contributed by atoms with Gasteiger partial charge in [-0.1, -0.05) is 0 Å². The lowest BCUT2D eigenvalue weighted by Gasteiger charge is -2.34. The Morgan fingerprint density at radius 1 is 1.54 bits per heavy atom. The molecule has 0 aliphatic carbocycles. The Morgan fingerprint density at radius 2 is 2.15 bits per heavy atom. The smallest absolute Gasteiger partial charge is 0.326 e. The number of carbonyl (C=O) groups excluding carboxylic acids is 1.